The van der Waals surface area contributed by atoms with Crippen LogP contribution >= 0.6 is 11.3 Å². The van der Waals surface area contributed by atoms with Crippen LogP contribution in [0.2, 0.25) is 0 Å². The number of hydrogen-bond donors (Lipinski definition) is 0. The Balaban J connectivity index is 1.22. The van der Waals surface area contributed by atoms with Crippen LogP contribution < -0.4 is 21.3 Å². The van der Waals surface area contributed by atoms with Crippen molar-refractivity contribution in [3.8, 4) is 33.4 Å². The van der Waals surface area contributed by atoms with Crippen LogP contribution in [0.25, 0.3) is 75.5 Å². The lowest BCUT2D eigenvalue weighted by Gasteiger charge is -2.38. The molecule has 0 N–H and O–H groups in total. The van der Waals surface area contributed by atoms with Crippen molar-refractivity contribution in [1.29, 1.82) is 0 Å². The number of rotatable bonds is 3. The fourth-order valence-electron chi connectivity index (χ4n) is 9.59. The zero-order chi connectivity index (χ0) is 37.3. The standard InChI is InChI=1S/C52H36BNOS/c1-52(2,3)33-24-25-44(39(28-33)31-14-5-4-6-15-31)54-45-29-40-37-18-9-12-23-48(37)56-49(40)30-43(45)53-42-21-10-7-16-35(42)41-26-32(27-46(54)50(41)53)34-19-13-20-38-36-17-8-11-22-47(36)55-51(34)38/h4-30H,1-3H3. The minimum Gasteiger partial charge on any atom is -0.455 e. The maximum Gasteiger partial charge on any atom is 0.248 e. The van der Waals surface area contributed by atoms with Crippen molar-refractivity contribution in [2.45, 2.75) is 26.2 Å². The summed E-state index contributed by atoms with van der Waals surface area (Å²) in [6, 6.07) is 60.9. The summed E-state index contributed by atoms with van der Waals surface area (Å²) in [7, 11) is 0. The zero-order valence-electron chi connectivity index (χ0n) is 31.4. The number of anilines is 3. The summed E-state index contributed by atoms with van der Waals surface area (Å²) in [6.07, 6.45) is 0. The van der Waals surface area contributed by atoms with Crippen LogP contribution in [-0.2, 0) is 5.41 Å². The normalized spacial score (nSPS) is 13.2. The highest BCUT2D eigenvalue weighted by atomic mass is 32.1. The van der Waals surface area contributed by atoms with Gasteiger partial charge in [0, 0.05) is 53.4 Å². The number of thiophene rings is 1. The van der Waals surface area contributed by atoms with Gasteiger partial charge in [-0.05, 0) is 92.7 Å². The third kappa shape index (κ3) is 4.51. The Hall–Kier alpha value is -6.36. The van der Waals surface area contributed by atoms with Gasteiger partial charge >= 0.3 is 0 Å². The van der Waals surface area contributed by atoms with Crippen LogP contribution in [-0.4, -0.2) is 6.71 Å². The molecule has 0 fully saturated rings. The van der Waals surface area contributed by atoms with Crippen molar-refractivity contribution >= 4 is 93.6 Å². The van der Waals surface area contributed by atoms with Gasteiger partial charge in [0.05, 0.1) is 5.69 Å². The average Bonchev–Trinajstić information content (AvgIpc) is 3.90. The molecule has 0 amide bonds. The van der Waals surface area contributed by atoms with Crippen LogP contribution in [0.5, 0.6) is 0 Å². The summed E-state index contributed by atoms with van der Waals surface area (Å²) < 4.78 is 9.35. The van der Waals surface area contributed by atoms with Gasteiger partial charge in [0.15, 0.2) is 0 Å². The number of benzene rings is 8. The number of para-hydroxylation sites is 2. The molecule has 2 nitrogen and oxygen atoms in total. The highest BCUT2D eigenvalue weighted by molar-refractivity contribution is 7.26. The summed E-state index contributed by atoms with van der Waals surface area (Å²) in [5.41, 5.74) is 18.2. The van der Waals surface area contributed by atoms with Gasteiger partial charge in [-0.3, -0.25) is 0 Å². The van der Waals surface area contributed by atoms with Gasteiger partial charge in [0.2, 0.25) is 6.71 Å². The van der Waals surface area contributed by atoms with E-state index in [0.29, 0.717) is 0 Å². The number of furan rings is 1. The minimum atomic E-state index is -0.0111. The van der Waals surface area contributed by atoms with E-state index in [0.717, 1.165) is 33.1 Å². The molecule has 0 saturated carbocycles. The minimum absolute atomic E-state index is 0.0111. The first-order valence-corrected chi connectivity index (χ1v) is 20.4. The van der Waals surface area contributed by atoms with E-state index in [1.807, 2.05) is 11.3 Å². The van der Waals surface area contributed by atoms with Gasteiger partial charge in [0.1, 0.15) is 11.2 Å². The lowest BCUT2D eigenvalue weighted by atomic mass is 9.37. The van der Waals surface area contributed by atoms with Crippen LogP contribution in [0.1, 0.15) is 26.3 Å². The van der Waals surface area contributed by atoms with Crippen molar-refractivity contribution in [2.75, 3.05) is 4.90 Å². The summed E-state index contributed by atoms with van der Waals surface area (Å²) >= 11 is 1.90. The molecule has 2 aliphatic heterocycles. The average molecular weight is 734 g/mol. The van der Waals surface area contributed by atoms with Crippen molar-refractivity contribution in [2.24, 2.45) is 0 Å². The van der Waals surface area contributed by atoms with Gasteiger partial charge < -0.3 is 9.32 Å². The lowest BCUT2D eigenvalue weighted by Crippen LogP contribution is -2.54. The second-order valence-corrected chi connectivity index (χ2v) is 17.5. The molecule has 10 aromatic rings. The molecule has 0 bridgehead atoms. The fourth-order valence-corrected chi connectivity index (χ4v) is 10.7. The second-order valence-electron chi connectivity index (χ2n) is 16.4. The topological polar surface area (TPSA) is 16.4 Å². The molecule has 2 aromatic heterocycles. The Morgan fingerprint density at radius 3 is 2.11 bits per heavy atom. The van der Waals surface area contributed by atoms with E-state index in [2.05, 4.69) is 189 Å². The molecule has 0 saturated heterocycles. The Morgan fingerprint density at radius 2 is 1.23 bits per heavy atom. The van der Waals surface area contributed by atoms with Crippen molar-refractivity contribution in [1.82, 2.24) is 0 Å². The fraction of sp³-hybridized carbons (Fsp3) is 0.0769. The van der Waals surface area contributed by atoms with Gasteiger partial charge in [-0.15, -0.1) is 11.3 Å². The Morgan fingerprint density at radius 1 is 0.482 bits per heavy atom. The first-order valence-electron chi connectivity index (χ1n) is 19.5. The van der Waals surface area contributed by atoms with E-state index in [1.54, 1.807) is 0 Å². The van der Waals surface area contributed by atoms with Crippen molar-refractivity contribution < 1.29 is 4.42 Å². The van der Waals surface area contributed by atoms with Crippen LogP contribution in [0.3, 0.4) is 0 Å². The third-order valence-electron chi connectivity index (χ3n) is 12.2. The Bertz CT molecular complexity index is 3260. The molecular formula is C52H36BNOS. The van der Waals surface area contributed by atoms with E-state index in [9.17, 15) is 0 Å². The Labute approximate surface area is 330 Å². The smallest absolute Gasteiger partial charge is 0.248 e. The quantitative estimate of drug-likeness (QED) is 0.168. The van der Waals surface area contributed by atoms with Crippen molar-refractivity contribution in [3.63, 3.8) is 0 Å². The Kier molecular flexibility index (Phi) is 6.61. The molecule has 2 aliphatic rings. The first-order chi connectivity index (χ1) is 27.4. The SMILES string of the molecule is CC(C)(C)c1ccc(N2c3cc4c(cc3B3c5ccccc5-c5cc(-c6cccc7c6oc6ccccc67)cc2c53)sc2ccccc24)c(-c2ccccc2)c1. The van der Waals surface area contributed by atoms with Gasteiger partial charge in [-0.2, -0.15) is 0 Å². The molecule has 8 aromatic carbocycles. The lowest BCUT2D eigenvalue weighted by molar-refractivity contribution is 0.590. The molecule has 12 rings (SSSR count). The molecule has 264 valence electrons. The highest BCUT2D eigenvalue weighted by Crippen LogP contribution is 2.49. The maximum atomic E-state index is 6.69. The summed E-state index contributed by atoms with van der Waals surface area (Å²) in [6.45, 7) is 7.04. The van der Waals surface area contributed by atoms with Gasteiger partial charge in [-0.1, -0.05) is 141 Å². The summed E-state index contributed by atoms with van der Waals surface area (Å²) in [5, 5.41) is 4.90. The predicted molar refractivity (Wildman–Crippen MR) is 241 cm³/mol. The van der Waals surface area contributed by atoms with Crippen molar-refractivity contribution in [3.05, 3.63) is 169 Å². The van der Waals surface area contributed by atoms with Gasteiger partial charge in [0.25, 0.3) is 0 Å². The molecule has 4 heterocycles. The summed E-state index contributed by atoms with van der Waals surface area (Å²) in [4.78, 5) is 2.60. The van der Waals surface area contributed by atoms with Crippen LogP contribution in [0, 0.1) is 0 Å². The molecule has 0 aliphatic carbocycles. The van der Waals surface area contributed by atoms with E-state index < -0.39 is 0 Å². The van der Waals surface area contributed by atoms with E-state index >= 15 is 0 Å². The van der Waals surface area contributed by atoms with Crippen LogP contribution in [0.4, 0.5) is 17.1 Å². The second kappa shape index (κ2) is 11.6. The van der Waals surface area contributed by atoms with E-state index in [4.69, 9.17) is 4.42 Å². The molecule has 4 heteroatoms. The number of fused-ring (bicyclic) bond motifs is 11. The molecular weight excluding hydrogens is 697 g/mol. The third-order valence-corrected chi connectivity index (χ3v) is 13.4. The largest absolute Gasteiger partial charge is 0.455 e. The molecule has 0 spiro atoms. The van der Waals surface area contributed by atoms with E-state index in [1.165, 1.54) is 81.4 Å². The van der Waals surface area contributed by atoms with Crippen LogP contribution in [0.15, 0.2) is 168 Å². The molecule has 0 radical (unpaired) electrons. The number of nitrogens with zero attached hydrogens (tertiary/aromatic N) is 1. The molecule has 0 unspecified atom stereocenters. The highest BCUT2D eigenvalue weighted by Gasteiger charge is 2.43. The summed E-state index contributed by atoms with van der Waals surface area (Å²) in [5.74, 6) is 0. The maximum absolute atomic E-state index is 6.69. The zero-order valence-corrected chi connectivity index (χ0v) is 32.2. The van der Waals surface area contributed by atoms with E-state index in [-0.39, 0.29) is 12.1 Å². The molecule has 56 heavy (non-hydrogen) atoms. The predicted octanol–water partition coefficient (Wildman–Crippen LogP) is 12.9. The van der Waals surface area contributed by atoms with Gasteiger partial charge in [-0.25, -0.2) is 0 Å². The molecule has 0 atom stereocenters. The number of hydrogen-bond acceptors (Lipinski definition) is 3. The monoisotopic (exact) mass is 733 g/mol. The first kappa shape index (κ1) is 31.9.